The molecular formula is C16H26N2OS. The van der Waals surface area contributed by atoms with Crippen LogP contribution in [0.4, 0.5) is 0 Å². The van der Waals surface area contributed by atoms with Crippen LogP contribution >= 0.6 is 12.2 Å². The molecule has 0 saturated heterocycles. The summed E-state index contributed by atoms with van der Waals surface area (Å²) in [5.41, 5.74) is 5.44. The highest BCUT2D eigenvalue weighted by Gasteiger charge is 2.47. The molecule has 0 atom stereocenters. The summed E-state index contributed by atoms with van der Waals surface area (Å²) in [6.45, 7) is 0. The van der Waals surface area contributed by atoms with E-state index in [1.54, 1.807) is 0 Å². The number of hydrogen-bond acceptors (Lipinski definition) is 2. The Hall–Kier alpha value is -0.640. The Morgan fingerprint density at radius 3 is 1.95 bits per heavy atom. The predicted molar refractivity (Wildman–Crippen MR) is 84.3 cm³/mol. The molecule has 0 aromatic rings. The zero-order chi connectivity index (χ0) is 14.2. The van der Waals surface area contributed by atoms with E-state index in [9.17, 15) is 4.79 Å². The molecule has 3 aliphatic rings. The van der Waals surface area contributed by atoms with Crippen LogP contribution in [0.15, 0.2) is 0 Å². The van der Waals surface area contributed by atoms with E-state index in [2.05, 4.69) is 5.32 Å². The third-order valence-electron chi connectivity index (χ3n) is 5.42. The van der Waals surface area contributed by atoms with Gasteiger partial charge in [-0.1, -0.05) is 37.9 Å². The highest BCUT2D eigenvalue weighted by atomic mass is 32.1. The zero-order valence-electron chi connectivity index (χ0n) is 12.2. The third kappa shape index (κ3) is 2.85. The van der Waals surface area contributed by atoms with Crippen LogP contribution in [0.25, 0.3) is 0 Å². The zero-order valence-corrected chi connectivity index (χ0v) is 13.0. The molecule has 3 N–H and O–H groups in total. The molecule has 1 amide bonds. The summed E-state index contributed by atoms with van der Waals surface area (Å²) in [6.07, 6.45) is 11.3. The lowest BCUT2D eigenvalue weighted by atomic mass is 9.79. The first-order chi connectivity index (χ1) is 9.63. The van der Waals surface area contributed by atoms with E-state index in [1.807, 2.05) is 0 Å². The summed E-state index contributed by atoms with van der Waals surface area (Å²) >= 11 is 5.30. The Kier molecular flexibility index (Phi) is 4.02. The van der Waals surface area contributed by atoms with Gasteiger partial charge in [0, 0.05) is 6.04 Å². The van der Waals surface area contributed by atoms with Crippen molar-refractivity contribution in [2.24, 2.45) is 23.0 Å². The van der Waals surface area contributed by atoms with Crippen molar-refractivity contribution in [2.75, 3.05) is 0 Å². The smallest absolute Gasteiger partial charge is 0.233 e. The number of amides is 1. The summed E-state index contributed by atoms with van der Waals surface area (Å²) in [4.78, 5) is 13.3. The second-order valence-corrected chi connectivity index (χ2v) is 7.47. The molecule has 20 heavy (non-hydrogen) atoms. The van der Waals surface area contributed by atoms with Crippen LogP contribution in [-0.2, 0) is 4.79 Å². The molecule has 0 unspecified atom stereocenters. The lowest BCUT2D eigenvalue weighted by molar-refractivity contribution is -0.129. The van der Waals surface area contributed by atoms with Gasteiger partial charge < -0.3 is 11.1 Å². The maximum Gasteiger partial charge on any atom is 0.233 e. The van der Waals surface area contributed by atoms with E-state index in [-0.39, 0.29) is 5.91 Å². The SMILES string of the molecule is NC(=S)C1(C(=O)NC(C2CC2)C2CC2)CCCCCC1. The lowest BCUT2D eigenvalue weighted by Crippen LogP contribution is -2.52. The summed E-state index contributed by atoms with van der Waals surface area (Å²) in [6, 6.07) is 0.400. The summed E-state index contributed by atoms with van der Waals surface area (Å²) < 4.78 is 0. The molecule has 3 saturated carbocycles. The van der Waals surface area contributed by atoms with E-state index >= 15 is 0 Å². The fourth-order valence-electron chi connectivity index (χ4n) is 3.74. The van der Waals surface area contributed by atoms with Crippen molar-refractivity contribution in [2.45, 2.75) is 70.3 Å². The Morgan fingerprint density at radius 2 is 1.55 bits per heavy atom. The third-order valence-corrected chi connectivity index (χ3v) is 5.81. The minimum atomic E-state index is -0.562. The molecule has 3 aliphatic carbocycles. The van der Waals surface area contributed by atoms with Crippen LogP contribution in [0.5, 0.6) is 0 Å². The van der Waals surface area contributed by atoms with Crippen LogP contribution in [0.1, 0.15) is 64.2 Å². The molecule has 0 aromatic carbocycles. The van der Waals surface area contributed by atoms with Crippen molar-refractivity contribution >= 4 is 23.1 Å². The number of nitrogens with one attached hydrogen (secondary N) is 1. The highest BCUT2D eigenvalue weighted by molar-refractivity contribution is 7.80. The molecule has 3 rings (SSSR count). The predicted octanol–water partition coefficient (Wildman–Crippen LogP) is 2.92. The second kappa shape index (κ2) is 5.63. The summed E-state index contributed by atoms with van der Waals surface area (Å²) in [5, 5.41) is 3.35. The summed E-state index contributed by atoms with van der Waals surface area (Å²) in [7, 11) is 0. The molecule has 3 nitrogen and oxygen atoms in total. The first kappa shape index (κ1) is 14.3. The van der Waals surface area contributed by atoms with Gasteiger partial charge in [-0.25, -0.2) is 0 Å². The van der Waals surface area contributed by atoms with Gasteiger partial charge >= 0.3 is 0 Å². The van der Waals surface area contributed by atoms with E-state index in [4.69, 9.17) is 18.0 Å². The number of nitrogens with two attached hydrogens (primary N) is 1. The molecular weight excluding hydrogens is 268 g/mol. The van der Waals surface area contributed by atoms with Crippen molar-refractivity contribution in [1.82, 2.24) is 5.32 Å². The van der Waals surface area contributed by atoms with Gasteiger partial charge in [-0.15, -0.1) is 0 Å². The summed E-state index contributed by atoms with van der Waals surface area (Å²) in [5.74, 6) is 1.58. The maximum atomic E-state index is 12.9. The number of carbonyl (C=O) groups is 1. The van der Waals surface area contributed by atoms with Crippen molar-refractivity contribution in [1.29, 1.82) is 0 Å². The van der Waals surface area contributed by atoms with E-state index in [0.29, 0.717) is 11.0 Å². The van der Waals surface area contributed by atoms with Crippen LogP contribution < -0.4 is 11.1 Å². The average molecular weight is 294 g/mol. The van der Waals surface area contributed by atoms with Gasteiger partial charge in [-0.05, 0) is 50.4 Å². The van der Waals surface area contributed by atoms with Gasteiger partial charge in [-0.3, -0.25) is 4.79 Å². The lowest BCUT2D eigenvalue weighted by Gasteiger charge is -2.32. The van der Waals surface area contributed by atoms with Crippen molar-refractivity contribution in [3.8, 4) is 0 Å². The molecule has 112 valence electrons. The first-order valence-corrected chi connectivity index (χ1v) is 8.65. The molecule has 0 aromatic heterocycles. The Balaban J connectivity index is 1.72. The van der Waals surface area contributed by atoms with Gasteiger partial charge in [0.1, 0.15) is 0 Å². The van der Waals surface area contributed by atoms with Crippen molar-refractivity contribution in [3.05, 3.63) is 0 Å². The second-order valence-electron chi connectivity index (χ2n) is 7.03. The molecule has 0 bridgehead atoms. The van der Waals surface area contributed by atoms with Gasteiger partial charge in [-0.2, -0.15) is 0 Å². The van der Waals surface area contributed by atoms with Crippen LogP contribution in [-0.4, -0.2) is 16.9 Å². The first-order valence-electron chi connectivity index (χ1n) is 8.24. The van der Waals surface area contributed by atoms with E-state index in [1.165, 1.54) is 38.5 Å². The molecule has 0 radical (unpaired) electrons. The number of rotatable bonds is 5. The highest BCUT2D eigenvalue weighted by Crippen LogP contribution is 2.45. The largest absolute Gasteiger partial charge is 0.392 e. The molecule has 0 spiro atoms. The number of hydrogen-bond donors (Lipinski definition) is 2. The standard InChI is InChI=1S/C16H26N2OS/c17-14(20)16(9-3-1-2-4-10-16)15(19)18-13(11-5-6-11)12-7-8-12/h11-13H,1-10H2,(H2,17,20)(H,18,19). The Bertz CT molecular complexity index is 381. The van der Waals surface area contributed by atoms with Crippen LogP contribution in [0.2, 0.25) is 0 Å². The van der Waals surface area contributed by atoms with Gasteiger partial charge in [0.15, 0.2) is 0 Å². The maximum absolute atomic E-state index is 12.9. The van der Waals surface area contributed by atoms with Gasteiger partial charge in [0.2, 0.25) is 5.91 Å². The minimum Gasteiger partial charge on any atom is -0.392 e. The number of carbonyl (C=O) groups excluding carboxylic acids is 1. The van der Waals surface area contributed by atoms with Crippen LogP contribution in [0.3, 0.4) is 0 Å². The van der Waals surface area contributed by atoms with Gasteiger partial charge in [0.05, 0.1) is 10.4 Å². The minimum absolute atomic E-state index is 0.135. The van der Waals surface area contributed by atoms with Crippen molar-refractivity contribution in [3.63, 3.8) is 0 Å². The normalized spacial score (nSPS) is 26.1. The monoisotopic (exact) mass is 294 g/mol. The van der Waals surface area contributed by atoms with E-state index in [0.717, 1.165) is 37.5 Å². The number of thiocarbonyl (C=S) groups is 1. The van der Waals surface area contributed by atoms with E-state index < -0.39 is 5.41 Å². The molecule has 3 fully saturated rings. The van der Waals surface area contributed by atoms with Crippen molar-refractivity contribution < 1.29 is 4.79 Å². The topological polar surface area (TPSA) is 55.1 Å². The molecule has 4 heteroatoms. The van der Waals surface area contributed by atoms with Crippen LogP contribution in [0, 0.1) is 17.3 Å². The fourth-order valence-corrected chi connectivity index (χ4v) is 4.04. The average Bonchev–Trinajstić information content (AvgIpc) is 3.33. The quantitative estimate of drug-likeness (QED) is 0.605. The Morgan fingerprint density at radius 1 is 1.05 bits per heavy atom. The Labute approximate surface area is 127 Å². The van der Waals surface area contributed by atoms with Gasteiger partial charge in [0.25, 0.3) is 0 Å². The molecule has 0 heterocycles. The molecule has 0 aliphatic heterocycles. The fraction of sp³-hybridized carbons (Fsp3) is 0.875.